The van der Waals surface area contributed by atoms with E-state index in [4.69, 9.17) is 16.3 Å². The third kappa shape index (κ3) is 5.47. The van der Waals surface area contributed by atoms with E-state index in [9.17, 15) is 9.59 Å². The molecular formula is C17H24ClN3O3. The maximum atomic E-state index is 12.3. The fourth-order valence-corrected chi connectivity index (χ4v) is 2.72. The minimum absolute atomic E-state index is 0.0334. The van der Waals surface area contributed by atoms with Crippen LogP contribution in [0.15, 0.2) is 18.2 Å². The first-order chi connectivity index (χ1) is 11.5. The Morgan fingerprint density at radius 3 is 2.71 bits per heavy atom. The molecule has 0 bridgehead atoms. The van der Waals surface area contributed by atoms with Crippen LogP contribution >= 0.6 is 11.6 Å². The van der Waals surface area contributed by atoms with Crippen LogP contribution in [0.3, 0.4) is 0 Å². The Morgan fingerprint density at radius 2 is 2.04 bits per heavy atom. The summed E-state index contributed by atoms with van der Waals surface area (Å²) in [5.41, 5.74) is 1.49. The van der Waals surface area contributed by atoms with Gasteiger partial charge in [0.25, 0.3) is 0 Å². The number of nitrogens with one attached hydrogen (secondary N) is 1. The third-order valence-electron chi connectivity index (χ3n) is 4.11. The summed E-state index contributed by atoms with van der Waals surface area (Å²) in [4.78, 5) is 27.9. The Labute approximate surface area is 147 Å². The highest BCUT2D eigenvalue weighted by Crippen LogP contribution is 2.22. The predicted molar refractivity (Wildman–Crippen MR) is 94.3 cm³/mol. The fraction of sp³-hybridized carbons (Fsp3) is 0.529. The number of morpholine rings is 1. The zero-order valence-electron chi connectivity index (χ0n) is 14.2. The SMILES string of the molecule is CC(=O)N(CCN1CCOCC1)CC(=O)Nc1cccc(Cl)c1C. The van der Waals surface area contributed by atoms with Crippen LogP contribution in [0.4, 0.5) is 5.69 Å². The van der Waals surface area contributed by atoms with Crippen molar-refractivity contribution in [3.63, 3.8) is 0 Å². The molecule has 0 radical (unpaired) electrons. The smallest absolute Gasteiger partial charge is 0.244 e. The largest absolute Gasteiger partial charge is 0.379 e. The summed E-state index contributed by atoms with van der Waals surface area (Å²) in [7, 11) is 0. The highest BCUT2D eigenvalue weighted by atomic mass is 35.5. The van der Waals surface area contributed by atoms with Crippen molar-refractivity contribution >= 4 is 29.1 Å². The van der Waals surface area contributed by atoms with Gasteiger partial charge in [-0.2, -0.15) is 0 Å². The van der Waals surface area contributed by atoms with Gasteiger partial charge >= 0.3 is 0 Å². The molecule has 0 aliphatic carbocycles. The molecule has 2 amide bonds. The van der Waals surface area contributed by atoms with Crippen molar-refractivity contribution in [2.24, 2.45) is 0 Å². The van der Waals surface area contributed by atoms with E-state index in [2.05, 4.69) is 10.2 Å². The number of halogens is 1. The number of amides is 2. The molecule has 0 unspecified atom stereocenters. The van der Waals surface area contributed by atoms with Crippen LogP contribution in [0.5, 0.6) is 0 Å². The average Bonchev–Trinajstić information content (AvgIpc) is 2.56. The van der Waals surface area contributed by atoms with E-state index in [1.807, 2.05) is 6.92 Å². The molecule has 7 heteroatoms. The van der Waals surface area contributed by atoms with Crippen molar-refractivity contribution in [1.29, 1.82) is 0 Å². The second-order valence-corrected chi connectivity index (χ2v) is 6.26. The van der Waals surface area contributed by atoms with E-state index in [1.165, 1.54) is 6.92 Å². The van der Waals surface area contributed by atoms with Crippen LogP contribution in [-0.4, -0.2) is 67.6 Å². The van der Waals surface area contributed by atoms with Gasteiger partial charge in [0.15, 0.2) is 0 Å². The van der Waals surface area contributed by atoms with E-state index in [0.29, 0.717) is 30.5 Å². The van der Waals surface area contributed by atoms with Gasteiger partial charge in [0.05, 0.1) is 19.8 Å². The van der Waals surface area contributed by atoms with Crippen molar-refractivity contribution in [3.05, 3.63) is 28.8 Å². The van der Waals surface area contributed by atoms with Crippen LogP contribution in [0, 0.1) is 6.92 Å². The lowest BCUT2D eigenvalue weighted by molar-refractivity contribution is -0.133. The maximum absolute atomic E-state index is 12.3. The summed E-state index contributed by atoms with van der Waals surface area (Å²) in [6.07, 6.45) is 0. The lowest BCUT2D eigenvalue weighted by Gasteiger charge is -2.29. The second-order valence-electron chi connectivity index (χ2n) is 5.86. The molecule has 6 nitrogen and oxygen atoms in total. The number of ether oxygens (including phenoxy) is 1. The Hall–Kier alpha value is -1.63. The first-order valence-corrected chi connectivity index (χ1v) is 8.45. The minimum atomic E-state index is -0.224. The van der Waals surface area contributed by atoms with E-state index >= 15 is 0 Å². The summed E-state index contributed by atoms with van der Waals surface area (Å²) < 4.78 is 5.31. The number of hydrogen-bond acceptors (Lipinski definition) is 4. The Bertz CT molecular complexity index is 588. The van der Waals surface area contributed by atoms with Crippen molar-refractivity contribution in [3.8, 4) is 0 Å². The van der Waals surface area contributed by atoms with Crippen LogP contribution < -0.4 is 5.32 Å². The van der Waals surface area contributed by atoms with Crippen LogP contribution in [0.1, 0.15) is 12.5 Å². The molecule has 1 saturated heterocycles. The molecule has 1 aliphatic rings. The van der Waals surface area contributed by atoms with E-state index in [1.54, 1.807) is 23.1 Å². The molecule has 1 heterocycles. The molecule has 0 spiro atoms. The van der Waals surface area contributed by atoms with Gasteiger partial charge in [-0.1, -0.05) is 17.7 Å². The molecule has 132 valence electrons. The first-order valence-electron chi connectivity index (χ1n) is 8.08. The normalized spacial score (nSPS) is 15.1. The first kappa shape index (κ1) is 18.7. The molecule has 1 aromatic carbocycles. The van der Waals surface area contributed by atoms with E-state index < -0.39 is 0 Å². The molecular weight excluding hydrogens is 330 g/mol. The average molecular weight is 354 g/mol. The number of carbonyl (C=O) groups excluding carboxylic acids is 2. The lowest BCUT2D eigenvalue weighted by atomic mass is 10.2. The summed E-state index contributed by atoms with van der Waals surface area (Å²) in [6, 6.07) is 5.35. The Kier molecular flexibility index (Phi) is 7.02. The van der Waals surface area contributed by atoms with Gasteiger partial charge in [-0.15, -0.1) is 0 Å². The summed E-state index contributed by atoms with van der Waals surface area (Å²) in [5.74, 6) is -0.334. The molecule has 1 aliphatic heterocycles. The molecule has 24 heavy (non-hydrogen) atoms. The number of nitrogens with zero attached hydrogens (tertiary/aromatic N) is 2. The summed E-state index contributed by atoms with van der Waals surface area (Å²) in [5, 5.41) is 3.42. The van der Waals surface area contributed by atoms with Gasteiger partial charge in [0, 0.05) is 43.8 Å². The third-order valence-corrected chi connectivity index (χ3v) is 4.52. The predicted octanol–water partition coefficient (Wildman–Crippen LogP) is 1.77. The van der Waals surface area contributed by atoms with Gasteiger partial charge < -0.3 is 15.0 Å². The standard InChI is InChI=1S/C17H24ClN3O3/c1-13-15(18)4-3-5-16(13)19-17(23)12-21(14(2)22)7-6-20-8-10-24-11-9-20/h3-5H,6-12H2,1-2H3,(H,19,23). The van der Waals surface area contributed by atoms with Crippen molar-refractivity contribution in [1.82, 2.24) is 9.80 Å². The van der Waals surface area contributed by atoms with E-state index in [0.717, 1.165) is 25.2 Å². The van der Waals surface area contributed by atoms with Crippen molar-refractivity contribution < 1.29 is 14.3 Å². The lowest BCUT2D eigenvalue weighted by Crippen LogP contribution is -2.44. The van der Waals surface area contributed by atoms with Crippen molar-refractivity contribution in [2.75, 3.05) is 51.3 Å². The quantitative estimate of drug-likeness (QED) is 0.846. The summed E-state index contributed by atoms with van der Waals surface area (Å²) in [6.45, 7) is 7.79. The van der Waals surface area contributed by atoms with Crippen LogP contribution in [0.2, 0.25) is 5.02 Å². The van der Waals surface area contributed by atoms with Crippen LogP contribution in [-0.2, 0) is 14.3 Å². The van der Waals surface area contributed by atoms with Gasteiger partial charge in [0.2, 0.25) is 11.8 Å². The molecule has 1 fully saturated rings. The van der Waals surface area contributed by atoms with Gasteiger partial charge in [0.1, 0.15) is 0 Å². The number of rotatable bonds is 6. The molecule has 0 aromatic heterocycles. The number of carbonyl (C=O) groups is 2. The molecule has 0 atom stereocenters. The Balaban J connectivity index is 1.88. The minimum Gasteiger partial charge on any atom is -0.379 e. The Morgan fingerprint density at radius 1 is 1.33 bits per heavy atom. The zero-order valence-corrected chi connectivity index (χ0v) is 14.9. The maximum Gasteiger partial charge on any atom is 0.244 e. The summed E-state index contributed by atoms with van der Waals surface area (Å²) >= 11 is 6.06. The molecule has 1 aromatic rings. The monoisotopic (exact) mass is 353 g/mol. The van der Waals surface area contributed by atoms with E-state index in [-0.39, 0.29) is 18.4 Å². The van der Waals surface area contributed by atoms with Crippen LogP contribution in [0.25, 0.3) is 0 Å². The highest BCUT2D eigenvalue weighted by Gasteiger charge is 2.17. The second kappa shape index (κ2) is 9.01. The van der Waals surface area contributed by atoms with Gasteiger partial charge in [-0.05, 0) is 24.6 Å². The number of benzene rings is 1. The van der Waals surface area contributed by atoms with Crippen molar-refractivity contribution in [2.45, 2.75) is 13.8 Å². The van der Waals surface area contributed by atoms with Gasteiger partial charge in [-0.25, -0.2) is 0 Å². The topological polar surface area (TPSA) is 61.9 Å². The number of hydrogen-bond donors (Lipinski definition) is 1. The fourth-order valence-electron chi connectivity index (χ4n) is 2.54. The zero-order chi connectivity index (χ0) is 17.5. The molecule has 0 saturated carbocycles. The molecule has 2 rings (SSSR count). The number of anilines is 1. The molecule has 1 N–H and O–H groups in total. The highest BCUT2D eigenvalue weighted by molar-refractivity contribution is 6.31. The van der Waals surface area contributed by atoms with Gasteiger partial charge in [-0.3, -0.25) is 14.5 Å².